The van der Waals surface area contributed by atoms with Gasteiger partial charge in [-0.15, -0.1) is 0 Å². The van der Waals surface area contributed by atoms with Gasteiger partial charge in [0.25, 0.3) is 0 Å². The largest absolute Gasteiger partial charge is 0.479 e. The Balaban J connectivity index is 2.44. The third-order valence-corrected chi connectivity index (χ3v) is 2.96. The normalized spacial score (nSPS) is 23.7. The van der Waals surface area contributed by atoms with E-state index in [1.54, 1.807) is 13.8 Å². The number of carboxylic acid groups (broad SMARTS) is 1. The van der Waals surface area contributed by atoms with Gasteiger partial charge in [0.05, 0.1) is 5.41 Å². The zero-order valence-corrected chi connectivity index (χ0v) is 10.4. The van der Waals surface area contributed by atoms with Crippen molar-refractivity contribution in [1.82, 2.24) is 5.32 Å². The minimum absolute atomic E-state index is 0.0960. The first-order chi connectivity index (χ1) is 8.24. The SMILES string of the molecule is CC(C)(CNC(=O)[C@@H]1CC[C@H](C(=O)O)O1)C(N)=O. The maximum Gasteiger partial charge on any atom is 0.332 e. The summed E-state index contributed by atoms with van der Waals surface area (Å²) in [5, 5.41) is 11.3. The van der Waals surface area contributed by atoms with Crippen molar-refractivity contribution < 1.29 is 24.2 Å². The fraction of sp³-hybridized carbons (Fsp3) is 0.727. The van der Waals surface area contributed by atoms with Gasteiger partial charge in [0.15, 0.2) is 6.10 Å². The Labute approximate surface area is 105 Å². The first kappa shape index (κ1) is 14.4. The van der Waals surface area contributed by atoms with Crippen LogP contribution in [0.5, 0.6) is 0 Å². The zero-order valence-electron chi connectivity index (χ0n) is 10.4. The van der Waals surface area contributed by atoms with Crippen LogP contribution < -0.4 is 11.1 Å². The summed E-state index contributed by atoms with van der Waals surface area (Å²) in [7, 11) is 0. The van der Waals surface area contributed by atoms with E-state index < -0.39 is 35.4 Å². The van der Waals surface area contributed by atoms with Crippen molar-refractivity contribution in [3.63, 3.8) is 0 Å². The number of carboxylic acids is 1. The van der Waals surface area contributed by atoms with Crippen molar-refractivity contribution in [2.75, 3.05) is 6.54 Å². The Bertz CT molecular complexity index is 366. The maximum atomic E-state index is 11.7. The van der Waals surface area contributed by atoms with Crippen LogP contribution >= 0.6 is 0 Å². The summed E-state index contributed by atoms with van der Waals surface area (Å²) < 4.78 is 5.08. The molecule has 1 heterocycles. The Morgan fingerprint density at radius 1 is 1.33 bits per heavy atom. The molecule has 4 N–H and O–H groups in total. The Hall–Kier alpha value is -1.63. The van der Waals surface area contributed by atoms with E-state index in [0.717, 1.165) is 0 Å². The third-order valence-electron chi connectivity index (χ3n) is 2.96. The highest BCUT2D eigenvalue weighted by molar-refractivity contribution is 5.84. The predicted octanol–water partition coefficient (Wildman–Crippen LogP) is -0.754. The highest BCUT2D eigenvalue weighted by Crippen LogP contribution is 2.20. The highest BCUT2D eigenvalue weighted by Gasteiger charge is 2.35. The van der Waals surface area contributed by atoms with E-state index in [1.807, 2.05) is 0 Å². The van der Waals surface area contributed by atoms with Crippen molar-refractivity contribution in [3.8, 4) is 0 Å². The topological polar surface area (TPSA) is 119 Å². The molecule has 1 rings (SSSR count). The second kappa shape index (κ2) is 5.34. The molecule has 7 heteroatoms. The molecule has 102 valence electrons. The fourth-order valence-corrected chi connectivity index (χ4v) is 1.52. The second-order valence-electron chi connectivity index (χ2n) is 4.99. The molecule has 0 aliphatic carbocycles. The van der Waals surface area contributed by atoms with E-state index in [-0.39, 0.29) is 6.54 Å². The number of amides is 2. The van der Waals surface area contributed by atoms with Crippen LogP contribution in [0.4, 0.5) is 0 Å². The van der Waals surface area contributed by atoms with Gasteiger partial charge in [-0.05, 0) is 26.7 Å². The molecule has 0 aromatic heterocycles. The number of ether oxygens (including phenoxy) is 1. The number of primary amides is 1. The van der Waals surface area contributed by atoms with Crippen LogP contribution in [0.1, 0.15) is 26.7 Å². The summed E-state index contributed by atoms with van der Waals surface area (Å²) in [6.07, 6.45) is -1.02. The van der Waals surface area contributed by atoms with Crippen LogP contribution in [0.3, 0.4) is 0 Å². The van der Waals surface area contributed by atoms with E-state index in [9.17, 15) is 14.4 Å². The Kier molecular flexibility index (Phi) is 4.28. The molecule has 2 atom stereocenters. The van der Waals surface area contributed by atoms with Gasteiger partial charge in [-0.3, -0.25) is 9.59 Å². The summed E-state index contributed by atoms with van der Waals surface area (Å²) in [5.74, 6) is -1.99. The van der Waals surface area contributed by atoms with Gasteiger partial charge in [-0.1, -0.05) is 0 Å². The first-order valence-electron chi connectivity index (χ1n) is 5.70. The van der Waals surface area contributed by atoms with Crippen molar-refractivity contribution in [3.05, 3.63) is 0 Å². The van der Waals surface area contributed by atoms with Gasteiger partial charge in [-0.2, -0.15) is 0 Å². The van der Waals surface area contributed by atoms with E-state index in [0.29, 0.717) is 12.8 Å². The quantitative estimate of drug-likeness (QED) is 0.599. The third kappa shape index (κ3) is 3.43. The van der Waals surface area contributed by atoms with Gasteiger partial charge in [0.2, 0.25) is 11.8 Å². The zero-order chi connectivity index (χ0) is 13.9. The van der Waals surface area contributed by atoms with Crippen LogP contribution in [0.2, 0.25) is 0 Å². The molecule has 1 fully saturated rings. The molecule has 0 aromatic carbocycles. The number of carbonyl (C=O) groups is 3. The van der Waals surface area contributed by atoms with Gasteiger partial charge in [-0.25, -0.2) is 4.79 Å². The molecular formula is C11H18N2O5. The van der Waals surface area contributed by atoms with Crippen molar-refractivity contribution in [2.45, 2.75) is 38.9 Å². The van der Waals surface area contributed by atoms with Gasteiger partial charge in [0, 0.05) is 6.54 Å². The minimum Gasteiger partial charge on any atom is -0.479 e. The summed E-state index contributed by atoms with van der Waals surface area (Å²) in [6, 6.07) is 0. The highest BCUT2D eigenvalue weighted by atomic mass is 16.5. The van der Waals surface area contributed by atoms with Crippen LogP contribution in [0, 0.1) is 5.41 Å². The lowest BCUT2D eigenvalue weighted by Gasteiger charge is -2.21. The van der Waals surface area contributed by atoms with Crippen LogP contribution in [0.25, 0.3) is 0 Å². The molecule has 1 saturated heterocycles. The summed E-state index contributed by atoms with van der Waals surface area (Å²) in [5.41, 5.74) is 4.33. The molecule has 0 aromatic rings. The fourth-order valence-electron chi connectivity index (χ4n) is 1.52. The van der Waals surface area contributed by atoms with E-state index in [2.05, 4.69) is 5.32 Å². The van der Waals surface area contributed by atoms with Gasteiger partial charge < -0.3 is 20.9 Å². The number of hydrogen-bond donors (Lipinski definition) is 3. The summed E-state index contributed by atoms with van der Waals surface area (Å²) in [6.45, 7) is 3.33. The lowest BCUT2D eigenvalue weighted by molar-refractivity contribution is -0.151. The van der Waals surface area contributed by atoms with E-state index >= 15 is 0 Å². The van der Waals surface area contributed by atoms with Crippen LogP contribution in [-0.4, -0.2) is 41.6 Å². The van der Waals surface area contributed by atoms with Gasteiger partial charge in [0.1, 0.15) is 6.10 Å². The number of nitrogens with one attached hydrogen (secondary N) is 1. The smallest absolute Gasteiger partial charge is 0.332 e. The Morgan fingerprint density at radius 3 is 2.33 bits per heavy atom. The average molecular weight is 258 g/mol. The predicted molar refractivity (Wildman–Crippen MR) is 61.5 cm³/mol. The maximum absolute atomic E-state index is 11.7. The molecule has 2 amide bonds. The van der Waals surface area contributed by atoms with Crippen LogP contribution in [0.15, 0.2) is 0 Å². The summed E-state index contributed by atoms with van der Waals surface area (Å²) >= 11 is 0. The molecule has 1 aliphatic rings. The minimum atomic E-state index is -1.07. The molecule has 0 unspecified atom stereocenters. The molecule has 0 saturated carbocycles. The first-order valence-corrected chi connectivity index (χ1v) is 5.70. The van der Waals surface area contributed by atoms with Crippen molar-refractivity contribution in [2.24, 2.45) is 11.1 Å². The van der Waals surface area contributed by atoms with Crippen molar-refractivity contribution >= 4 is 17.8 Å². The van der Waals surface area contributed by atoms with E-state index in [1.165, 1.54) is 0 Å². The summed E-state index contributed by atoms with van der Waals surface area (Å²) in [4.78, 5) is 33.4. The number of hydrogen-bond acceptors (Lipinski definition) is 4. The molecule has 1 aliphatic heterocycles. The van der Waals surface area contributed by atoms with Gasteiger partial charge >= 0.3 is 5.97 Å². The van der Waals surface area contributed by atoms with E-state index in [4.69, 9.17) is 15.6 Å². The number of nitrogens with two attached hydrogens (primary N) is 1. The molecular weight excluding hydrogens is 240 g/mol. The monoisotopic (exact) mass is 258 g/mol. The Morgan fingerprint density at radius 2 is 1.89 bits per heavy atom. The molecule has 18 heavy (non-hydrogen) atoms. The van der Waals surface area contributed by atoms with Crippen molar-refractivity contribution in [1.29, 1.82) is 0 Å². The lowest BCUT2D eigenvalue weighted by atomic mass is 9.92. The molecule has 0 bridgehead atoms. The number of carbonyl (C=O) groups excluding carboxylic acids is 2. The molecule has 0 spiro atoms. The average Bonchev–Trinajstić information content (AvgIpc) is 2.75. The molecule has 0 radical (unpaired) electrons. The standard InChI is InChI=1S/C11H18N2O5/c1-11(2,10(12)17)5-13-8(14)6-3-4-7(18-6)9(15)16/h6-7H,3-5H2,1-2H3,(H2,12,17)(H,13,14)(H,15,16)/t6-,7+/m0/s1. The van der Waals surface area contributed by atoms with Crippen LogP contribution in [-0.2, 0) is 19.1 Å². The number of rotatable bonds is 5. The molecule has 7 nitrogen and oxygen atoms in total. The lowest BCUT2D eigenvalue weighted by Crippen LogP contribution is -2.45. The number of aliphatic carboxylic acids is 1. The second-order valence-corrected chi connectivity index (χ2v) is 4.99.